The number of rotatable bonds is 5. The molecule has 4 aliphatic carbocycles. The lowest BCUT2D eigenvalue weighted by molar-refractivity contribution is -0.131. The normalized spacial score (nSPS) is 34.1. The number of hydrogen-bond donors (Lipinski definition) is 0. The van der Waals surface area contributed by atoms with Crippen molar-refractivity contribution in [3.63, 3.8) is 0 Å². The Labute approximate surface area is 216 Å². The Balaban J connectivity index is 1.25. The predicted octanol–water partition coefficient (Wildman–Crippen LogP) is 6.41. The monoisotopic (exact) mass is 487 g/mol. The smallest absolute Gasteiger partial charge is 0.163 e. The molecule has 0 radical (unpaired) electrons. The molecule has 2 saturated carbocycles. The molecule has 1 saturated heterocycles. The highest BCUT2D eigenvalue weighted by atomic mass is 16.5. The van der Waals surface area contributed by atoms with Gasteiger partial charge in [0.25, 0.3) is 0 Å². The third kappa shape index (κ3) is 4.00. The molecule has 4 nitrogen and oxygen atoms in total. The van der Waals surface area contributed by atoms with E-state index < -0.39 is 0 Å². The molecule has 4 heteroatoms. The molecular weight excluding hydrogens is 446 g/mol. The minimum Gasteiger partial charge on any atom is -0.377 e. The van der Waals surface area contributed by atoms with E-state index in [1.165, 1.54) is 36.1 Å². The molecule has 5 aliphatic rings. The molecule has 1 aliphatic heterocycles. The summed E-state index contributed by atoms with van der Waals surface area (Å²) in [6.45, 7) is 4.92. The van der Waals surface area contributed by atoms with Gasteiger partial charge in [-0.25, -0.2) is 0 Å². The fourth-order valence-electron chi connectivity index (χ4n) is 8.66. The predicted molar refractivity (Wildman–Crippen MR) is 143 cm³/mol. The van der Waals surface area contributed by atoms with Gasteiger partial charge in [0.1, 0.15) is 6.61 Å². The highest BCUT2D eigenvalue weighted by Crippen LogP contribution is 2.62. The van der Waals surface area contributed by atoms with Crippen molar-refractivity contribution < 1.29 is 14.3 Å². The second kappa shape index (κ2) is 9.59. The summed E-state index contributed by atoms with van der Waals surface area (Å²) in [6, 6.07) is 8.88. The highest BCUT2D eigenvalue weighted by Gasteiger charge is 2.55. The van der Waals surface area contributed by atoms with Crippen LogP contribution in [0.5, 0.6) is 0 Å². The van der Waals surface area contributed by atoms with Crippen molar-refractivity contribution in [3.8, 4) is 0 Å². The highest BCUT2D eigenvalue weighted by molar-refractivity contribution is 5.98. The van der Waals surface area contributed by atoms with Gasteiger partial charge in [-0.2, -0.15) is 0 Å². The third-order valence-electron chi connectivity index (χ3n) is 10.5. The summed E-state index contributed by atoms with van der Waals surface area (Å²) >= 11 is 0. The Morgan fingerprint density at radius 1 is 1.06 bits per heavy atom. The van der Waals surface area contributed by atoms with Crippen LogP contribution in [0.4, 0.5) is 5.69 Å². The lowest BCUT2D eigenvalue weighted by Crippen LogP contribution is -2.43. The van der Waals surface area contributed by atoms with Gasteiger partial charge in [0, 0.05) is 31.8 Å². The van der Waals surface area contributed by atoms with Crippen LogP contribution >= 0.6 is 0 Å². The SMILES string of the molecule is COCC(=O)[C@H]1CC[C@H]2[C@@H]3CCC4=CC(=O)C(c5ccc(N6CCCCC6)cc5)CC4=C3CC[C@]12C. The van der Waals surface area contributed by atoms with E-state index in [-0.39, 0.29) is 29.6 Å². The molecule has 1 aromatic carbocycles. The molecule has 5 atom stereocenters. The number of carbonyl (C=O) groups is 2. The van der Waals surface area contributed by atoms with Gasteiger partial charge in [0.05, 0.1) is 5.92 Å². The average molecular weight is 488 g/mol. The van der Waals surface area contributed by atoms with Crippen molar-refractivity contribution in [1.82, 2.24) is 0 Å². The Kier molecular flexibility index (Phi) is 6.44. The molecule has 6 rings (SSSR count). The van der Waals surface area contributed by atoms with E-state index >= 15 is 0 Å². The quantitative estimate of drug-likeness (QED) is 0.482. The summed E-state index contributed by atoms with van der Waals surface area (Å²) in [5, 5.41) is 0. The Morgan fingerprint density at radius 3 is 2.58 bits per heavy atom. The van der Waals surface area contributed by atoms with Crippen molar-refractivity contribution in [1.29, 1.82) is 0 Å². The molecule has 0 bridgehead atoms. The number of hydrogen-bond acceptors (Lipinski definition) is 4. The molecule has 1 aromatic rings. The van der Waals surface area contributed by atoms with Crippen LogP contribution in [0.1, 0.15) is 82.6 Å². The van der Waals surface area contributed by atoms with E-state index in [9.17, 15) is 9.59 Å². The van der Waals surface area contributed by atoms with Gasteiger partial charge < -0.3 is 9.64 Å². The molecular formula is C32H41NO3. The number of nitrogens with zero attached hydrogens (tertiary/aromatic N) is 1. The van der Waals surface area contributed by atoms with Gasteiger partial charge >= 0.3 is 0 Å². The van der Waals surface area contributed by atoms with Crippen LogP contribution < -0.4 is 4.90 Å². The minimum absolute atomic E-state index is 0.0571. The molecule has 36 heavy (non-hydrogen) atoms. The summed E-state index contributed by atoms with van der Waals surface area (Å²) in [5.41, 5.74) is 6.98. The number of ketones is 2. The molecule has 192 valence electrons. The number of carbonyl (C=O) groups excluding carboxylic acids is 2. The first kappa shape index (κ1) is 24.2. The Bertz CT molecular complexity index is 1090. The van der Waals surface area contributed by atoms with Crippen LogP contribution in [0.3, 0.4) is 0 Å². The maximum absolute atomic E-state index is 13.3. The van der Waals surface area contributed by atoms with Crippen LogP contribution in [0.25, 0.3) is 0 Å². The van der Waals surface area contributed by atoms with Gasteiger partial charge in [-0.05, 0) is 116 Å². The van der Waals surface area contributed by atoms with Crippen LogP contribution in [-0.2, 0) is 14.3 Å². The second-order valence-electron chi connectivity index (χ2n) is 12.3. The van der Waals surface area contributed by atoms with Gasteiger partial charge in [-0.1, -0.05) is 24.6 Å². The number of fused-ring (bicyclic) bond motifs is 4. The van der Waals surface area contributed by atoms with Gasteiger partial charge in [0.2, 0.25) is 0 Å². The van der Waals surface area contributed by atoms with Crippen molar-refractivity contribution in [2.24, 2.45) is 23.2 Å². The average Bonchev–Trinajstić information content (AvgIpc) is 3.26. The number of anilines is 1. The first-order valence-electron chi connectivity index (χ1n) is 14.3. The number of Topliss-reactive ketones (excluding diaryl/α,β-unsaturated/α-hetero) is 1. The van der Waals surface area contributed by atoms with E-state index in [4.69, 9.17) is 4.74 Å². The first-order valence-corrected chi connectivity index (χ1v) is 14.3. The molecule has 0 N–H and O–H groups in total. The van der Waals surface area contributed by atoms with Crippen molar-refractivity contribution in [3.05, 3.63) is 52.6 Å². The van der Waals surface area contributed by atoms with Crippen molar-refractivity contribution in [2.75, 3.05) is 31.7 Å². The van der Waals surface area contributed by atoms with E-state index in [1.54, 1.807) is 12.7 Å². The van der Waals surface area contributed by atoms with E-state index in [1.807, 2.05) is 6.08 Å². The largest absolute Gasteiger partial charge is 0.377 e. The van der Waals surface area contributed by atoms with Gasteiger partial charge in [-0.3, -0.25) is 9.59 Å². The maximum Gasteiger partial charge on any atom is 0.163 e. The molecule has 1 heterocycles. The summed E-state index contributed by atoms with van der Waals surface area (Å²) in [5.74, 6) is 1.83. The standard InChI is InChI=1S/C32H41NO3/c1-32-15-14-24-25(28(32)12-13-29(32)31(35)20-36-2)11-8-22-18-30(34)27(19-26(22)24)21-6-9-23(10-7-21)33-16-4-3-5-17-33/h6-7,9-10,18,25,27-29H,3-5,8,11-17,19-20H2,1-2H3/t25-,27?,28+,29-,32+/m1/s1. The number of allylic oxidation sites excluding steroid dienone is 4. The van der Waals surface area contributed by atoms with Crippen LogP contribution in [0.15, 0.2) is 47.1 Å². The number of piperidine rings is 1. The zero-order valence-electron chi connectivity index (χ0n) is 22.1. The fourth-order valence-corrected chi connectivity index (χ4v) is 8.66. The van der Waals surface area contributed by atoms with Crippen LogP contribution in [0, 0.1) is 23.2 Å². The molecule has 0 aromatic heterocycles. The van der Waals surface area contributed by atoms with E-state index in [0.717, 1.165) is 63.6 Å². The Hall–Kier alpha value is -2.20. The van der Waals surface area contributed by atoms with E-state index in [0.29, 0.717) is 17.6 Å². The fraction of sp³-hybridized carbons (Fsp3) is 0.625. The zero-order chi connectivity index (χ0) is 24.9. The number of methoxy groups -OCH3 is 1. The minimum atomic E-state index is -0.0571. The first-order chi connectivity index (χ1) is 17.5. The lowest BCUT2D eigenvalue weighted by atomic mass is 9.55. The van der Waals surface area contributed by atoms with Crippen molar-refractivity contribution >= 4 is 17.3 Å². The van der Waals surface area contributed by atoms with Crippen LogP contribution in [0.2, 0.25) is 0 Å². The number of ether oxygens (including phenoxy) is 1. The van der Waals surface area contributed by atoms with Crippen LogP contribution in [-0.4, -0.2) is 38.4 Å². The summed E-state index contributed by atoms with van der Waals surface area (Å²) in [4.78, 5) is 28.6. The van der Waals surface area contributed by atoms with E-state index in [2.05, 4.69) is 36.1 Å². The Morgan fingerprint density at radius 2 is 1.83 bits per heavy atom. The van der Waals surface area contributed by atoms with Crippen molar-refractivity contribution in [2.45, 2.75) is 77.0 Å². The lowest BCUT2D eigenvalue weighted by Gasteiger charge is -2.49. The second-order valence-corrected chi connectivity index (χ2v) is 12.3. The summed E-state index contributed by atoms with van der Waals surface area (Å²) in [6.07, 6.45) is 13.2. The van der Waals surface area contributed by atoms with Gasteiger partial charge in [0.15, 0.2) is 11.6 Å². The van der Waals surface area contributed by atoms with Gasteiger partial charge in [-0.15, -0.1) is 0 Å². The molecule has 1 unspecified atom stereocenters. The zero-order valence-corrected chi connectivity index (χ0v) is 22.1. The maximum atomic E-state index is 13.3. The molecule has 0 spiro atoms. The third-order valence-corrected chi connectivity index (χ3v) is 10.5. The summed E-state index contributed by atoms with van der Waals surface area (Å²) in [7, 11) is 1.63. The molecule has 0 amide bonds. The number of benzene rings is 1. The topological polar surface area (TPSA) is 46.6 Å². The molecule has 3 fully saturated rings. The summed E-state index contributed by atoms with van der Waals surface area (Å²) < 4.78 is 5.22.